The molecule has 1 aromatic heterocycles. The highest BCUT2D eigenvalue weighted by Crippen LogP contribution is 2.23. The molecule has 1 aromatic carbocycles. The van der Waals surface area contributed by atoms with Crippen LogP contribution >= 0.6 is 0 Å². The lowest BCUT2D eigenvalue weighted by Gasteiger charge is -2.29. The Labute approximate surface area is 113 Å². The lowest BCUT2D eigenvalue weighted by Crippen LogP contribution is -2.36. The molecule has 19 heavy (non-hydrogen) atoms. The van der Waals surface area contributed by atoms with Gasteiger partial charge in [0.1, 0.15) is 0 Å². The zero-order valence-corrected chi connectivity index (χ0v) is 11.1. The minimum atomic E-state index is 0.643. The number of nitrogens with zero attached hydrogens (tertiary/aromatic N) is 2. The van der Waals surface area contributed by atoms with E-state index in [1.165, 1.54) is 5.69 Å². The van der Waals surface area contributed by atoms with Crippen molar-refractivity contribution in [1.29, 1.82) is 0 Å². The number of rotatable bonds is 3. The number of fused-ring (bicyclic) bond motifs is 1. The summed E-state index contributed by atoms with van der Waals surface area (Å²) in [7, 11) is 0. The van der Waals surface area contributed by atoms with Crippen LogP contribution in [0.4, 0.5) is 5.69 Å². The topological polar surface area (TPSA) is 34.6 Å². The van der Waals surface area contributed by atoms with Crippen LogP contribution in [0, 0.1) is 0 Å². The number of ether oxygens (including phenoxy) is 2. The molecule has 0 bridgehead atoms. The van der Waals surface area contributed by atoms with Gasteiger partial charge in [-0.05, 0) is 31.2 Å². The molecular weight excluding hydrogens is 240 g/mol. The van der Waals surface area contributed by atoms with Crippen LogP contribution in [0.1, 0.15) is 6.92 Å². The first-order chi connectivity index (χ1) is 9.36. The largest absolute Gasteiger partial charge is 0.478 e. The van der Waals surface area contributed by atoms with Gasteiger partial charge >= 0.3 is 0 Å². The van der Waals surface area contributed by atoms with Gasteiger partial charge in [0.25, 0.3) is 0 Å². The maximum Gasteiger partial charge on any atom is 0.213 e. The predicted molar refractivity (Wildman–Crippen MR) is 75.9 cm³/mol. The van der Waals surface area contributed by atoms with E-state index in [1.807, 2.05) is 13.0 Å². The van der Waals surface area contributed by atoms with Crippen molar-refractivity contribution in [2.75, 3.05) is 37.8 Å². The standard InChI is InChI=1S/C15H18N2O2/c1-2-19-15-6-3-12-11-13(4-5-14(12)16-15)17-7-9-18-10-8-17/h3-6,11H,2,7-10H2,1H3. The van der Waals surface area contributed by atoms with Gasteiger partial charge in [0.05, 0.1) is 25.3 Å². The second-order valence-electron chi connectivity index (χ2n) is 4.56. The van der Waals surface area contributed by atoms with Gasteiger partial charge in [-0.25, -0.2) is 4.98 Å². The minimum absolute atomic E-state index is 0.643. The Bertz CT molecular complexity index is 565. The summed E-state index contributed by atoms with van der Waals surface area (Å²) in [5, 5.41) is 1.15. The van der Waals surface area contributed by atoms with E-state index < -0.39 is 0 Å². The molecule has 0 amide bonds. The Morgan fingerprint density at radius 1 is 1.21 bits per heavy atom. The highest BCUT2D eigenvalue weighted by Gasteiger charge is 2.11. The highest BCUT2D eigenvalue weighted by atomic mass is 16.5. The van der Waals surface area contributed by atoms with E-state index in [0.717, 1.165) is 37.2 Å². The van der Waals surface area contributed by atoms with Crippen LogP contribution in [0.5, 0.6) is 5.88 Å². The summed E-state index contributed by atoms with van der Waals surface area (Å²) >= 11 is 0. The van der Waals surface area contributed by atoms with Crippen LogP contribution in [-0.2, 0) is 4.74 Å². The highest BCUT2D eigenvalue weighted by molar-refractivity contribution is 5.83. The van der Waals surface area contributed by atoms with Gasteiger partial charge in [-0.3, -0.25) is 0 Å². The Hall–Kier alpha value is -1.81. The molecular formula is C15H18N2O2. The Balaban J connectivity index is 1.90. The number of morpholine rings is 1. The van der Waals surface area contributed by atoms with Crippen LogP contribution in [0.25, 0.3) is 10.9 Å². The normalized spacial score (nSPS) is 15.7. The van der Waals surface area contributed by atoms with Crippen molar-refractivity contribution in [3.8, 4) is 5.88 Å². The van der Waals surface area contributed by atoms with Crippen molar-refractivity contribution in [3.05, 3.63) is 30.3 Å². The van der Waals surface area contributed by atoms with Crippen molar-refractivity contribution in [2.45, 2.75) is 6.92 Å². The predicted octanol–water partition coefficient (Wildman–Crippen LogP) is 2.47. The molecule has 0 N–H and O–H groups in total. The summed E-state index contributed by atoms with van der Waals surface area (Å²) < 4.78 is 10.8. The molecule has 0 spiro atoms. The van der Waals surface area contributed by atoms with Crippen molar-refractivity contribution >= 4 is 16.6 Å². The summed E-state index contributed by atoms with van der Waals surface area (Å²) in [5.74, 6) is 0.689. The quantitative estimate of drug-likeness (QED) is 0.847. The average Bonchev–Trinajstić information content (AvgIpc) is 2.48. The van der Waals surface area contributed by atoms with Crippen LogP contribution in [0.2, 0.25) is 0 Å². The first kappa shape index (κ1) is 12.2. The van der Waals surface area contributed by atoms with E-state index in [9.17, 15) is 0 Å². The van der Waals surface area contributed by atoms with Gasteiger partial charge in [-0.1, -0.05) is 0 Å². The van der Waals surface area contributed by atoms with Crippen molar-refractivity contribution < 1.29 is 9.47 Å². The number of hydrogen-bond acceptors (Lipinski definition) is 4. The SMILES string of the molecule is CCOc1ccc2cc(N3CCOCC3)ccc2n1. The molecule has 0 aliphatic carbocycles. The summed E-state index contributed by atoms with van der Waals surface area (Å²) in [6.07, 6.45) is 0. The Kier molecular flexibility index (Phi) is 3.51. The second-order valence-corrected chi connectivity index (χ2v) is 4.56. The molecule has 2 aromatic rings. The third-order valence-electron chi connectivity index (χ3n) is 3.32. The van der Waals surface area contributed by atoms with Gasteiger partial charge in [0.2, 0.25) is 5.88 Å². The number of benzene rings is 1. The van der Waals surface area contributed by atoms with E-state index in [4.69, 9.17) is 9.47 Å². The summed E-state index contributed by atoms with van der Waals surface area (Å²) in [4.78, 5) is 6.83. The molecule has 0 unspecified atom stereocenters. The third-order valence-corrected chi connectivity index (χ3v) is 3.32. The second kappa shape index (κ2) is 5.45. The first-order valence-corrected chi connectivity index (χ1v) is 6.73. The molecule has 100 valence electrons. The van der Waals surface area contributed by atoms with Crippen molar-refractivity contribution in [3.63, 3.8) is 0 Å². The Morgan fingerprint density at radius 3 is 2.84 bits per heavy atom. The molecule has 1 aliphatic rings. The Morgan fingerprint density at radius 2 is 2.05 bits per heavy atom. The van der Waals surface area contributed by atoms with E-state index >= 15 is 0 Å². The van der Waals surface area contributed by atoms with E-state index in [1.54, 1.807) is 0 Å². The summed E-state index contributed by atoms with van der Waals surface area (Å²) in [5.41, 5.74) is 2.21. The lowest BCUT2D eigenvalue weighted by molar-refractivity contribution is 0.122. The van der Waals surface area contributed by atoms with Gasteiger partial charge in [0, 0.05) is 30.2 Å². The smallest absolute Gasteiger partial charge is 0.213 e. The van der Waals surface area contributed by atoms with Gasteiger partial charge < -0.3 is 14.4 Å². The van der Waals surface area contributed by atoms with Crippen LogP contribution in [0.3, 0.4) is 0 Å². The average molecular weight is 258 g/mol. The summed E-state index contributed by atoms with van der Waals surface area (Å²) in [6.45, 7) is 6.13. The molecule has 1 fully saturated rings. The first-order valence-electron chi connectivity index (χ1n) is 6.73. The lowest BCUT2D eigenvalue weighted by atomic mass is 10.2. The molecule has 0 saturated carbocycles. The zero-order valence-electron chi connectivity index (χ0n) is 11.1. The minimum Gasteiger partial charge on any atom is -0.478 e. The molecule has 2 heterocycles. The van der Waals surface area contributed by atoms with Crippen molar-refractivity contribution in [2.24, 2.45) is 0 Å². The fraction of sp³-hybridized carbons (Fsp3) is 0.400. The van der Waals surface area contributed by atoms with Gasteiger partial charge in [0.15, 0.2) is 0 Å². The molecule has 0 radical (unpaired) electrons. The number of hydrogen-bond donors (Lipinski definition) is 0. The number of pyridine rings is 1. The molecule has 4 heteroatoms. The van der Waals surface area contributed by atoms with Gasteiger partial charge in [-0.2, -0.15) is 0 Å². The monoisotopic (exact) mass is 258 g/mol. The summed E-state index contributed by atoms with van der Waals surface area (Å²) in [6, 6.07) is 10.4. The maximum atomic E-state index is 5.42. The molecule has 1 saturated heterocycles. The fourth-order valence-corrected chi connectivity index (χ4v) is 2.34. The van der Waals surface area contributed by atoms with Crippen LogP contribution < -0.4 is 9.64 Å². The molecule has 0 atom stereocenters. The number of aromatic nitrogens is 1. The molecule has 4 nitrogen and oxygen atoms in total. The zero-order chi connectivity index (χ0) is 13.1. The van der Waals surface area contributed by atoms with Crippen LogP contribution in [0.15, 0.2) is 30.3 Å². The van der Waals surface area contributed by atoms with Crippen LogP contribution in [-0.4, -0.2) is 37.9 Å². The fourth-order valence-electron chi connectivity index (χ4n) is 2.34. The molecule has 3 rings (SSSR count). The van der Waals surface area contributed by atoms with E-state index in [2.05, 4.69) is 34.1 Å². The van der Waals surface area contributed by atoms with Gasteiger partial charge in [-0.15, -0.1) is 0 Å². The third kappa shape index (κ3) is 2.63. The van der Waals surface area contributed by atoms with Crippen molar-refractivity contribution in [1.82, 2.24) is 4.98 Å². The van der Waals surface area contributed by atoms with E-state index in [-0.39, 0.29) is 0 Å². The number of anilines is 1. The maximum absolute atomic E-state index is 5.42. The molecule has 1 aliphatic heterocycles. The van der Waals surface area contributed by atoms with E-state index in [0.29, 0.717) is 12.5 Å².